The number of hydrogen-bond donors (Lipinski definition) is 2. The molecule has 0 amide bonds. The third kappa shape index (κ3) is 4.59. The van der Waals surface area contributed by atoms with Crippen molar-refractivity contribution in [3.63, 3.8) is 0 Å². The summed E-state index contributed by atoms with van der Waals surface area (Å²) in [7, 11) is -3.88. The Morgan fingerprint density at radius 1 is 1.25 bits per heavy atom. The van der Waals surface area contributed by atoms with Gasteiger partial charge in [0.15, 0.2) is 0 Å². The summed E-state index contributed by atoms with van der Waals surface area (Å²) in [4.78, 5) is 11.0. The lowest BCUT2D eigenvalue weighted by Gasteiger charge is -2.33. The van der Waals surface area contributed by atoms with Crippen molar-refractivity contribution in [2.45, 2.75) is 44.1 Å². The van der Waals surface area contributed by atoms with Gasteiger partial charge in [0.1, 0.15) is 6.29 Å². The molecule has 0 atom stereocenters. The fraction of sp³-hybridized carbons (Fsp3) is 0.900. The van der Waals surface area contributed by atoms with Crippen LogP contribution in [0.25, 0.3) is 0 Å². The molecule has 6 heteroatoms. The lowest BCUT2D eigenvalue weighted by atomic mass is 9.83. The zero-order valence-corrected chi connectivity index (χ0v) is 10.1. The third-order valence-electron chi connectivity index (χ3n) is 3.03. The highest BCUT2D eigenvalue weighted by Gasteiger charge is 2.30. The van der Waals surface area contributed by atoms with E-state index in [1.165, 1.54) is 0 Å². The van der Waals surface area contributed by atoms with Crippen LogP contribution in [0.1, 0.15) is 38.5 Å². The molecular formula is C10H19NO4S. The van der Waals surface area contributed by atoms with Crippen molar-refractivity contribution < 1.29 is 17.8 Å². The minimum absolute atomic E-state index is 0.255. The van der Waals surface area contributed by atoms with E-state index in [0.717, 1.165) is 38.4 Å². The molecule has 16 heavy (non-hydrogen) atoms. The number of carbonyl (C=O) groups is 1. The maximum absolute atomic E-state index is 11.0. The Hall–Kier alpha value is -0.460. The fourth-order valence-electron chi connectivity index (χ4n) is 2.11. The van der Waals surface area contributed by atoms with E-state index in [1.54, 1.807) is 0 Å². The van der Waals surface area contributed by atoms with E-state index in [9.17, 15) is 13.2 Å². The first kappa shape index (κ1) is 13.6. The molecule has 0 spiro atoms. The SMILES string of the molecule is O=CC1(NCCCS(=O)(=O)O)CCCCC1. The van der Waals surface area contributed by atoms with Gasteiger partial charge in [0, 0.05) is 0 Å². The minimum atomic E-state index is -3.88. The second kappa shape index (κ2) is 5.75. The summed E-state index contributed by atoms with van der Waals surface area (Å²) in [5.74, 6) is -0.255. The van der Waals surface area contributed by atoms with Gasteiger partial charge in [0.2, 0.25) is 0 Å². The second-order valence-electron chi connectivity index (χ2n) is 4.40. The van der Waals surface area contributed by atoms with Crippen LogP contribution in [0.5, 0.6) is 0 Å². The van der Waals surface area contributed by atoms with Crippen LogP contribution < -0.4 is 5.32 Å². The van der Waals surface area contributed by atoms with Gasteiger partial charge in [-0.3, -0.25) is 4.55 Å². The van der Waals surface area contributed by atoms with Crippen LogP contribution in [0, 0.1) is 0 Å². The van der Waals surface area contributed by atoms with Gasteiger partial charge in [-0.1, -0.05) is 19.3 Å². The maximum Gasteiger partial charge on any atom is 0.264 e. The van der Waals surface area contributed by atoms with E-state index in [4.69, 9.17) is 4.55 Å². The normalized spacial score (nSPS) is 20.6. The van der Waals surface area contributed by atoms with Crippen molar-refractivity contribution in [2.75, 3.05) is 12.3 Å². The zero-order chi connectivity index (χ0) is 12.1. The van der Waals surface area contributed by atoms with Gasteiger partial charge in [-0.25, -0.2) is 0 Å². The Kier molecular flexibility index (Phi) is 4.89. The average molecular weight is 249 g/mol. The Bertz CT molecular complexity index is 320. The third-order valence-corrected chi connectivity index (χ3v) is 3.83. The smallest absolute Gasteiger partial charge is 0.264 e. The van der Waals surface area contributed by atoms with E-state index in [1.807, 2.05) is 0 Å². The van der Waals surface area contributed by atoms with Gasteiger partial charge in [-0.05, 0) is 25.8 Å². The summed E-state index contributed by atoms with van der Waals surface area (Å²) < 4.78 is 29.5. The molecule has 0 unspecified atom stereocenters. The summed E-state index contributed by atoms with van der Waals surface area (Å²) in [6.45, 7) is 0.443. The molecule has 0 aliphatic heterocycles. The van der Waals surface area contributed by atoms with E-state index in [0.29, 0.717) is 13.0 Å². The van der Waals surface area contributed by atoms with Crippen LogP contribution in [0.2, 0.25) is 0 Å². The quantitative estimate of drug-likeness (QED) is 0.412. The van der Waals surface area contributed by atoms with Crippen molar-refractivity contribution in [1.82, 2.24) is 5.32 Å². The molecule has 1 fully saturated rings. The van der Waals surface area contributed by atoms with Crippen LogP contribution in [0.15, 0.2) is 0 Å². The summed E-state index contributed by atoms with van der Waals surface area (Å²) in [5, 5.41) is 3.11. The van der Waals surface area contributed by atoms with Crippen molar-refractivity contribution in [1.29, 1.82) is 0 Å². The van der Waals surface area contributed by atoms with E-state index in [2.05, 4.69) is 5.32 Å². The topological polar surface area (TPSA) is 83.5 Å². The summed E-state index contributed by atoms with van der Waals surface area (Å²) in [6.07, 6.45) is 6.13. The maximum atomic E-state index is 11.0. The Balaban J connectivity index is 2.31. The van der Waals surface area contributed by atoms with Crippen molar-refractivity contribution in [2.24, 2.45) is 0 Å². The van der Waals surface area contributed by atoms with Crippen molar-refractivity contribution in [3.05, 3.63) is 0 Å². The number of aldehydes is 1. The highest BCUT2D eigenvalue weighted by Crippen LogP contribution is 2.26. The largest absolute Gasteiger partial charge is 0.305 e. The molecule has 1 rings (SSSR count). The van der Waals surface area contributed by atoms with Gasteiger partial charge >= 0.3 is 0 Å². The van der Waals surface area contributed by atoms with Gasteiger partial charge < -0.3 is 10.1 Å². The van der Waals surface area contributed by atoms with Gasteiger partial charge in [-0.2, -0.15) is 8.42 Å². The molecular weight excluding hydrogens is 230 g/mol. The first-order chi connectivity index (χ1) is 7.47. The molecule has 2 N–H and O–H groups in total. The predicted octanol–water partition coefficient (Wildman–Crippen LogP) is 0.756. The molecule has 0 bridgehead atoms. The first-order valence-corrected chi connectivity index (χ1v) is 7.25. The van der Waals surface area contributed by atoms with Crippen LogP contribution in [-0.2, 0) is 14.9 Å². The Morgan fingerprint density at radius 2 is 1.88 bits per heavy atom. The van der Waals surface area contributed by atoms with Crippen LogP contribution in [0.4, 0.5) is 0 Å². The molecule has 0 radical (unpaired) electrons. The van der Waals surface area contributed by atoms with Crippen molar-refractivity contribution >= 4 is 16.4 Å². The Labute approximate surface area is 96.4 Å². The molecule has 1 aliphatic carbocycles. The lowest BCUT2D eigenvalue weighted by Crippen LogP contribution is -2.48. The molecule has 5 nitrogen and oxygen atoms in total. The molecule has 0 heterocycles. The van der Waals surface area contributed by atoms with Crippen molar-refractivity contribution in [3.8, 4) is 0 Å². The lowest BCUT2D eigenvalue weighted by molar-refractivity contribution is -0.114. The average Bonchev–Trinajstić information content (AvgIpc) is 2.25. The number of rotatable bonds is 6. The number of nitrogens with one attached hydrogen (secondary N) is 1. The van der Waals surface area contributed by atoms with E-state index in [-0.39, 0.29) is 5.75 Å². The van der Waals surface area contributed by atoms with E-state index < -0.39 is 15.7 Å². The number of carbonyl (C=O) groups excluding carboxylic acids is 1. The fourth-order valence-corrected chi connectivity index (χ4v) is 2.62. The zero-order valence-electron chi connectivity index (χ0n) is 9.31. The molecule has 0 saturated heterocycles. The molecule has 1 saturated carbocycles. The number of hydrogen-bond acceptors (Lipinski definition) is 4. The molecule has 1 aliphatic rings. The summed E-state index contributed by atoms with van der Waals surface area (Å²) in [6, 6.07) is 0. The first-order valence-electron chi connectivity index (χ1n) is 5.64. The molecule has 0 aromatic carbocycles. The minimum Gasteiger partial charge on any atom is -0.305 e. The molecule has 0 aromatic heterocycles. The second-order valence-corrected chi connectivity index (χ2v) is 5.97. The van der Waals surface area contributed by atoms with Crippen LogP contribution in [0.3, 0.4) is 0 Å². The van der Waals surface area contributed by atoms with Gasteiger partial charge in [-0.15, -0.1) is 0 Å². The highest BCUT2D eigenvalue weighted by atomic mass is 32.2. The monoisotopic (exact) mass is 249 g/mol. The standard InChI is InChI=1S/C10H19NO4S/c12-9-10(5-2-1-3-6-10)11-7-4-8-16(13,14)15/h9,11H,1-8H2,(H,13,14,15). The summed E-state index contributed by atoms with van der Waals surface area (Å²) in [5.41, 5.74) is -0.461. The van der Waals surface area contributed by atoms with Crippen LogP contribution in [-0.4, -0.2) is 37.1 Å². The van der Waals surface area contributed by atoms with Gasteiger partial charge in [0.05, 0.1) is 11.3 Å². The highest BCUT2D eigenvalue weighted by molar-refractivity contribution is 7.85. The van der Waals surface area contributed by atoms with E-state index >= 15 is 0 Å². The summed E-state index contributed by atoms with van der Waals surface area (Å²) >= 11 is 0. The van der Waals surface area contributed by atoms with Crippen LogP contribution >= 0.6 is 0 Å². The predicted molar refractivity (Wildman–Crippen MR) is 60.9 cm³/mol. The Morgan fingerprint density at radius 3 is 2.38 bits per heavy atom. The van der Waals surface area contributed by atoms with Gasteiger partial charge in [0.25, 0.3) is 10.1 Å². The molecule has 0 aromatic rings. The molecule has 94 valence electrons.